The first-order valence-electron chi connectivity index (χ1n) is 4.54. The quantitative estimate of drug-likeness (QED) is 0.588. The van der Waals surface area contributed by atoms with E-state index in [0.29, 0.717) is 6.10 Å². The predicted molar refractivity (Wildman–Crippen MR) is 43.9 cm³/mol. The maximum atomic E-state index is 5.71. The van der Waals surface area contributed by atoms with E-state index < -0.39 is 5.79 Å². The molecule has 0 aromatic rings. The van der Waals surface area contributed by atoms with Crippen LogP contribution in [0, 0.1) is 0 Å². The van der Waals surface area contributed by atoms with Gasteiger partial charge in [0.2, 0.25) is 0 Å². The number of rotatable bonds is 2. The van der Waals surface area contributed by atoms with Gasteiger partial charge in [-0.1, -0.05) is 0 Å². The molecule has 0 aromatic carbocycles. The minimum Gasteiger partial charge on any atom is -0.373 e. The summed E-state index contributed by atoms with van der Waals surface area (Å²) in [5.74, 6) is -0.404. The van der Waals surface area contributed by atoms with Crippen LogP contribution in [0.4, 0.5) is 0 Å². The van der Waals surface area contributed by atoms with Gasteiger partial charge in [-0.2, -0.15) is 0 Å². The Bertz CT molecular complexity index is 175. The van der Waals surface area contributed by atoms with Crippen molar-refractivity contribution in [2.24, 2.45) is 0 Å². The Hall–Kier alpha value is -0.120. The normalized spacial score (nSPS) is 44.8. The van der Waals surface area contributed by atoms with Crippen molar-refractivity contribution in [3.63, 3.8) is 0 Å². The van der Waals surface area contributed by atoms with Gasteiger partial charge in [-0.25, -0.2) is 0 Å². The molecule has 2 aliphatic heterocycles. The number of ether oxygens (including phenoxy) is 3. The molecule has 2 heterocycles. The molecule has 2 rings (SSSR count). The molecule has 0 aromatic heterocycles. The molecule has 0 radical (unpaired) electrons. The summed E-state index contributed by atoms with van der Waals surface area (Å²) in [5, 5.41) is 0. The molecule has 3 heteroatoms. The monoisotopic (exact) mass is 172 g/mol. The van der Waals surface area contributed by atoms with Crippen LogP contribution in [0.5, 0.6) is 0 Å². The summed E-state index contributed by atoms with van der Waals surface area (Å²) in [4.78, 5) is 0. The van der Waals surface area contributed by atoms with E-state index in [2.05, 4.69) is 6.92 Å². The average Bonchev–Trinajstić information content (AvgIpc) is 2.63. The lowest BCUT2D eigenvalue weighted by molar-refractivity contribution is -0.145. The van der Waals surface area contributed by atoms with Gasteiger partial charge in [-0.15, -0.1) is 0 Å². The molecule has 0 saturated carbocycles. The Morgan fingerprint density at radius 2 is 2.00 bits per heavy atom. The summed E-state index contributed by atoms with van der Waals surface area (Å²) in [5.41, 5.74) is 0. The highest BCUT2D eigenvalue weighted by Crippen LogP contribution is 2.32. The standard InChI is InChI=1S/C9H16O3/c1-6-8(4-7-5-10-7)12-9(2,3)11-6/h6-8H,4-5H2,1-3H3/t6-,7-,8-/m1/s1. The lowest BCUT2D eigenvalue weighted by atomic mass is 10.1. The summed E-state index contributed by atoms with van der Waals surface area (Å²) in [7, 11) is 0. The molecular weight excluding hydrogens is 156 g/mol. The Labute approximate surface area is 73.0 Å². The van der Waals surface area contributed by atoms with Crippen molar-refractivity contribution in [2.45, 2.75) is 51.3 Å². The molecule has 0 aliphatic carbocycles. The van der Waals surface area contributed by atoms with E-state index in [0.717, 1.165) is 13.0 Å². The zero-order valence-corrected chi connectivity index (χ0v) is 7.87. The Kier molecular flexibility index (Phi) is 1.90. The van der Waals surface area contributed by atoms with E-state index >= 15 is 0 Å². The Balaban J connectivity index is 1.89. The van der Waals surface area contributed by atoms with E-state index in [9.17, 15) is 0 Å². The minimum atomic E-state index is -0.404. The minimum absolute atomic E-state index is 0.198. The first-order chi connectivity index (χ1) is 5.57. The van der Waals surface area contributed by atoms with Crippen LogP contribution in [-0.2, 0) is 14.2 Å². The van der Waals surface area contributed by atoms with Crippen LogP contribution < -0.4 is 0 Å². The molecule has 3 atom stereocenters. The molecular formula is C9H16O3. The van der Waals surface area contributed by atoms with E-state index in [4.69, 9.17) is 14.2 Å². The molecule has 70 valence electrons. The molecule has 0 amide bonds. The summed E-state index contributed by atoms with van der Waals surface area (Å²) in [6.07, 6.45) is 1.82. The third kappa shape index (κ3) is 1.79. The Morgan fingerprint density at radius 3 is 2.42 bits per heavy atom. The first-order valence-corrected chi connectivity index (χ1v) is 4.54. The molecule has 2 saturated heterocycles. The van der Waals surface area contributed by atoms with Gasteiger partial charge in [0.25, 0.3) is 0 Å². The lowest BCUT2D eigenvalue weighted by Gasteiger charge is -2.16. The van der Waals surface area contributed by atoms with Crippen LogP contribution >= 0.6 is 0 Å². The topological polar surface area (TPSA) is 31.0 Å². The summed E-state index contributed by atoms with van der Waals surface area (Å²) in [6.45, 7) is 6.86. The maximum absolute atomic E-state index is 5.71. The molecule has 0 bridgehead atoms. The molecule has 3 nitrogen and oxygen atoms in total. The van der Waals surface area contributed by atoms with Gasteiger partial charge in [0.05, 0.1) is 24.9 Å². The van der Waals surface area contributed by atoms with Crippen molar-refractivity contribution >= 4 is 0 Å². The molecule has 2 aliphatic rings. The predicted octanol–water partition coefficient (Wildman–Crippen LogP) is 1.32. The average molecular weight is 172 g/mol. The fourth-order valence-corrected chi connectivity index (χ4v) is 1.71. The van der Waals surface area contributed by atoms with Crippen LogP contribution in [0.25, 0.3) is 0 Å². The van der Waals surface area contributed by atoms with Gasteiger partial charge < -0.3 is 14.2 Å². The van der Waals surface area contributed by atoms with Crippen molar-refractivity contribution in [2.75, 3.05) is 6.61 Å². The second-order valence-corrected chi connectivity index (χ2v) is 4.07. The molecule has 0 N–H and O–H groups in total. The SMILES string of the molecule is C[C@H]1OC(C)(C)O[C@@H]1C[C@@H]1CO1. The van der Waals surface area contributed by atoms with Gasteiger partial charge in [-0.3, -0.25) is 0 Å². The van der Waals surface area contributed by atoms with Crippen LogP contribution in [0.3, 0.4) is 0 Å². The van der Waals surface area contributed by atoms with E-state index in [1.807, 2.05) is 13.8 Å². The van der Waals surface area contributed by atoms with Crippen molar-refractivity contribution in [1.29, 1.82) is 0 Å². The highest BCUT2D eigenvalue weighted by atomic mass is 16.8. The summed E-state index contributed by atoms with van der Waals surface area (Å²) in [6, 6.07) is 0. The van der Waals surface area contributed by atoms with Gasteiger partial charge in [-0.05, 0) is 20.8 Å². The zero-order valence-electron chi connectivity index (χ0n) is 7.87. The van der Waals surface area contributed by atoms with Crippen LogP contribution in [0.1, 0.15) is 27.2 Å². The van der Waals surface area contributed by atoms with Crippen LogP contribution in [-0.4, -0.2) is 30.7 Å². The van der Waals surface area contributed by atoms with Crippen molar-refractivity contribution in [3.05, 3.63) is 0 Å². The van der Waals surface area contributed by atoms with E-state index in [1.54, 1.807) is 0 Å². The van der Waals surface area contributed by atoms with Gasteiger partial charge >= 0.3 is 0 Å². The van der Waals surface area contributed by atoms with Crippen LogP contribution in [0.2, 0.25) is 0 Å². The second-order valence-electron chi connectivity index (χ2n) is 4.07. The van der Waals surface area contributed by atoms with Crippen molar-refractivity contribution in [3.8, 4) is 0 Å². The number of hydrogen-bond donors (Lipinski definition) is 0. The third-order valence-electron chi connectivity index (χ3n) is 2.33. The van der Waals surface area contributed by atoms with Crippen molar-refractivity contribution < 1.29 is 14.2 Å². The third-order valence-corrected chi connectivity index (χ3v) is 2.33. The molecule has 0 spiro atoms. The fourth-order valence-electron chi connectivity index (χ4n) is 1.71. The zero-order chi connectivity index (χ0) is 8.77. The van der Waals surface area contributed by atoms with Gasteiger partial charge in [0.1, 0.15) is 0 Å². The summed E-state index contributed by atoms with van der Waals surface area (Å²) < 4.78 is 16.5. The maximum Gasteiger partial charge on any atom is 0.163 e. The first kappa shape index (κ1) is 8.48. The molecule has 2 fully saturated rings. The van der Waals surface area contributed by atoms with Gasteiger partial charge in [0, 0.05) is 6.42 Å². The lowest BCUT2D eigenvalue weighted by Crippen LogP contribution is -2.22. The highest BCUT2D eigenvalue weighted by Gasteiger charge is 2.41. The smallest absolute Gasteiger partial charge is 0.163 e. The second kappa shape index (κ2) is 2.69. The summed E-state index contributed by atoms with van der Waals surface area (Å²) >= 11 is 0. The number of hydrogen-bond acceptors (Lipinski definition) is 3. The van der Waals surface area contributed by atoms with Crippen LogP contribution in [0.15, 0.2) is 0 Å². The van der Waals surface area contributed by atoms with E-state index in [-0.39, 0.29) is 12.2 Å². The van der Waals surface area contributed by atoms with Gasteiger partial charge in [0.15, 0.2) is 5.79 Å². The largest absolute Gasteiger partial charge is 0.373 e. The van der Waals surface area contributed by atoms with E-state index in [1.165, 1.54) is 0 Å². The van der Waals surface area contributed by atoms with Crippen molar-refractivity contribution in [1.82, 2.24) is 0 Å². The molecule has 0 unspecified atom stereocenters. The highest BCUT2D eigenvalue weighted by molar-refractivity contribution is 4.83. The Morgan fingerprint density at radius 1 is 1.33 bits per heavy atom. The number of epoxide rings is 1. The fraction of sp³-hybridized carbons (Fsp3) is 1.00. The molecule has 12 heavy (non-hydrogen) atoms.